The quantitative estimate of drug-likeness (QED) is 0.0222. The van der Waals surface area contributed by atoms with Crippen molar-refractivity contribution in [1.82, 2.24) is 0 Å². The predicted molar refractivity (Wildman–Crippen MR) is 372 cm³/mol. The van der Waals surface area contributed by atoms with Gasteiger partial charge in [0.05, 0.1) is 26.4 Å². The zero-order valence-electron chi connectivity index (χ0n) is 59.9. The lowest BCUT2D eigenvalue weighted by molar-refractivity contribution is -0.161. The molecule has 0 heterocycles. The second-order valence-electron chi connectivity index (χ2n) is 26.8. The summed E-state index contributed by atoms with van der Waals surface area (Å²) < 4.78 is 68.4. The van der Waals surface area contributed by atoms with Crippen LogP contribution in [0.4, 0.5) is 0 Å². The second kappa shape index (κ2) is 65.0. The third-order valence-corrected chi connectivity index (χ3v) is 19.6. The number of carbonyl (C=O) groups excluding carboxylic acids is 4. The molecule has 0 saturated heterocycles. The number of carbonyl (C=O) groups is 4. The largest absolute Gasteiger partial charge is 0.472 e. The summed E-state index contributed by atoms with van der Waals surface area (Å²) >= 11 is 0. The Balaban J connectivity index is 5.24. The number of ether oxygens (including phenoxy) is 4. The maximum Gasteiger partial charge on any atom is 0.472 e. The lowest BCUT2D eigenvalue weighted by Crippen LogP contribution is -2.30. The highest BCUT2D eigenvalue weighted by Gasteiger charge is 2.30. The highest BCUT2D eigenvalue weighted by Crippen LogP contribution is 2.45. The van der Waals surface area contributed by atoms with Gasteiger partial charge in [-0.2, -0.15) is 0 Å². The minimum atomic E-state index is -4.95. The first kappa shape index (κ1) is 90.1. The molecule has 0 saturated carbocycles. The second-order valence-corrected chi connectivity index (χ2v) is 29.7. The van der Waals surface area contributed by atoms with Gasteiger partial charge < -0.3 is 33.8 Å². The van der Waals surface area contributed by atoms with E-state index in [1.165, 1.54) is 186 Å². The van der Waals surface area contributed by atoms with Gasteiger partial charge in [0, 0.05) is 25.7 Å². The molecule has 0 aromatic heterocycles. The summed E-state index contributed by atoms with van der Waals surface area (Å²) in [6, 6.07) is 0. The zero-order chi connectivity index (χ0) is 67.9. The number of unbranched alkanes of at least 4 members (excludes halogenated alkanes) is 40. The number of rotatable bonds is 72. The Kier molecular flexibility index (Phi) is 63.7. The van der Waals surface area contributed by atoms with Gasteiger partial charge in [-0.05, 0) is 37.5 Å². The Morgan fingerprint density at radius 2 is 0.522 bits per heavy atom. The van der Waals surface area contributed by atoms with E-state index in [0.29, 0.717) is 25.7 Å². The van der Waals surface area contributed by atoms with Crippen LogP contribution in [0.5, 0.6) is 0 Å². The van der Waals surface area contributed by atoms with E-state index >= 15 is 0 Å². The number of phosphoric acid groups is 2. The third kappa shape index (κ3) is 64.1. The van der Waals surface area contributed by atoms with Crippen molar-refractivity contribution in [2.75, 3.05) is 39.6 Å². The van der Waals surface area contributed by atoms with Crippen molar-refractivity contribution >= 4 is 39.5 Å². The third-order valence-electron chi connectivity index (χ3n) is 17.7. The van der Waals surface area contributed by atoms with Gasteiger partial charge in [0.1, 0.15) is 19.3 Å². The molecule has 0 fully saturated rings. The van der Waals surface area contributed by atoms with Gasteiger partial charge in [0.2, 0.25) is 0 Å². The molecule has 92 heavy (non-hydrogen) atoms. The Morgan fingerprint density at radius 1 is 0.304 bits per heavy atom. The number of phosphoric ester groups is 2. The molecule has 4 unspecified atom stereocenters. The van der Waals surface area contributed by atoms with Crippen LogP contribution in [-0.4, -0.2) is 96.7 Å². The average Bonchev–Trinajstić information content (AvgIpc) is 3.09. The van der Waals surface area contributed by atoms with E-state index in [1.54, 1.807) is 0 Å². The van der Waals surface area contributed by atoms with Gasteiger partial charge in [-0.25, -0.2) is 9.13 Å². The van der Waals surface area contributed by atoms with E-state index in [4.69, 9.17) is 37.0 Å². The highest BCUT2D eigenvalue weighted by molar-refractivity contribution is 7.47. The van der Waals surface area contributed by atoms with Crippen molar-refractivity contribution in [3.8, 4) is 0 Å². The molecule has 0 rings (SSSR count). The molecule has 0 amide bonds. The first-order valence-corrected chi connectivity index (χ1v) is 41.1. The highest BCUT2D eigenvalue weighted by atomic mass is 31.2. The van der Waals surface area contributed by atoms with Crippen LogP contribution in [0, 0.1) is 11.8 Å². The summed E-state index contributed by atoms with van der Waals surface area (Å²) in [4.78, 5) is 72.6. The van der Waals surface area contributed by atoms with E-state index < -0.39 is 97.5 Å². The standard InChI is InChI=1S/C73H142O17P2/c1-7-11-13-15-17-19-21-23-25-27-29-31-33-35-43-49-55-70(75)83-61-68(89-72(77)57-51-45-36-34-32-30-28-26-24-22-20-18-16-14-12-8-2)63-87-91(79,80)85-59-67(74)60-86-92(81,82)88-64-69(90-73(78)58-52-46-40-38-42-48-54-66(6)10-4)62-84-71(76)56-50-44-39-37-41-47-53-65(5)9-3/h65-69,74H,7-64H2,1-6H3,(H,79,80)(H,81,82)/t65?,66?,67-,68-,69-/m1/s1. The van der Waals surface area contributed by atoms with Crippen molar-refractivity contribution in [3.05, 3.63) is 0 Å². The fourth-order valence-corrected chi connectivity index (χ4v) is 12.6. The Bertz CT molecular complexity index is 1790. The Labute approximate surface area is 562 Å². The SMILES string of the molecule is CCCCCCCCCCCCCCCCCCC(=O)OC[C@H](COP(=O)(O)OC[C@@H](O)COP(=O)(O)OC[C@@H](COC(=O)CCCCCCCCC(C)CC)OC(=O)CCCCCCCCC(C)CC)OC(=O)CCCCCCCCCCCCCCCCCC. The van der Waals surface area contributed by atoms with Gasteiger partial charge >= 0.3 is 39.5 Å². The van der Waals surface area contributed by atoms with Crippen LogP contribution in [0.1, 0.15) is 375 Å². The monoisotopic (exact) mass is 1350 g/mol. The van der Waals surface area contributed by atoms with Gasteiger partial charge in [-0.15, -0.1) is 0 Å². The van der Waals surface area contributed by atoms with Crippen molar-refractivity contribution < 1.29 is 80.2 Å². The molecule has 0 spiro atoms. The van der Waals surface area contributed by atoms with Gasteiger partial charge in [-0.3, -0.25) is 37.3 Å². The summed E-state index contributed by atoms with van der Waals surface area (Å²) in [5.41, 5.74) is 0. The molecule has 0 bridgehead atoms. The fourth-order valence-electron chi connectivity index (χ4n) is 11.1. The summed E-state index contributed by atoms with van der Waals surface area (Å²) in [5.74, 6) is -0.672. The van der Waals surface area contributed by atoms with Crippen LogP contribution in [0.2, 0.25) is 0 Å². The summed E-state index contributed by atoms with van der Waals surface area (Å²) in [6.45, 7) is 9.49. The molecule has 7 atom stereocenters. The zero-order valence-corrected chi connectivity index (χ0v) is 61.6. The molecule has 19 heteroatoms. The Morgan fingerprint density at radius 3 is 0.772 bits per heavy atom. The van der Waals surface area contributed by atoms with E-state index in [-0.39, 0.29) is 25.7 Å². The maximum atomic E-state index is 13.1. The fraction of sp³-hybridized carbons (Fsp3) is 0.945. The molecule has 546 valence electrons. The summed E-state index contributed by atoms with van der Waals surface area (Å²) in [5, 5.41) is 10.6. The molecular weight excluding hydrogens is 1210 g/mol. The molecule has 17 nitrogen and oxygen atoms in total. The van der Waals surface area contributed by atoms with E-state index in [0.717, 1.165) is 108 Å². The molecule has 3 N–H and O–H groups in total. The van der Waals surface area contributed by atoms with E-state index in [2.05, 4.69) is 41.5 Å². The average molecular weight is 1350 g/mol. The minimum absolute atomic E-state index is 0.102. The number of aliphatic hydroxyl groups is 1. The molecule has 0 aliphatic rings. The minimum Gasteiger partial charge on any atom is -0.462 e. The maximum absolute atomic E-state index is 13.1. The molecule has 0 aliphatic carbocycles. The van der Waals surface area contributed by atoms with Crippen LogP contribution in [-0.2, 0) is 65.4 Å². The van der Waals surface area contributed by atoms with Crippen molar-refractivity contribution in [2.45, 2.75) is 394 Å². The predicted octanol–water partition coefficient (Wildman–Crippen LogP) is 21.2. The first-order valence-electron chi connectivity index (χ1n) is 38.1. The number of hydrogen-bond acceptors (Lipinski definition) is 15. The van der Waals surface area contributed by atoms with E-state index in [9.17, 15) is 43.2 Å². The number of aliphatic hydroxyl groups excluding tert-OH is 1. The van der Waals surface area contributed by atoms with Gasteiger partial charge in [-0.1, -0.05) is 324 Å². The van der Waals surface area contributed by atoms with Crippen LogP contribution in [0.25, 0.3) is 0 Å². The van der Waals surface area contributed by atoms with Gasteiger partial charge in [0.15, 0.2) is 12.2 Å². The van der Waals surface area contributed by atoms with Crippen molar-refractivity contribution in [1.29, 1.82) is 0 Å². The molecule has 0 radical (unpaired) electrons. The van der Waals surface area contributed by atoms with E-state index in [1.807, 2.05) is 0 Å². The normalized spacial score (nSPS) is 14.7. The van der Waals surface area contributed by atoms with Crippen LogP contribution >= 0.6 is 15.6 Å². The van der Waals surface area contributed by atoms with Crippen molar-refractivity contribution in [2.24, 2.45) is 11.8 Å². The number of hydrogen-bond donors (Lipinski definition) is 3. The number of esters is 4. The van der Waals surface area contributed by atoms with Gasteiger partial charge in [0.25, 0.3) is 0 Å². The van der Waals surface area contributed by atoms with Crippen LogP contribution in [0.15, 0.2) is 0 Å². The first-order chi connectivity index (χ1) is 44.4. The molecular formula is C73H142O17P2. The lowest BCUT2D eigenvalue weighted by atomic mass is 10.00. The Hall–Kier alpha value is -1.94. The van der Waals surface area contributed by atoms with Crippen LogP contribution < -0.4 is 0 Å². The molecule has 0 aliphatic heterocycles. The summed E-state index contributed by atoms with van der Waals surface area (Å²) in [7, 11) is -9.91. The molecule has 0 aromatic carbocycles. The smallest absolute Gasteiger partial charge is 0.462 e. The summed E-state index contributed by atoms with van der Waals surface area (Å²) in [6.07, 6.45) is 51.4. The lowest BCUT2D eigenvalue weighted by Gasteiger charge is -2.21. The topological polar surface area (TPSA) is 237 Å². The van der Waals surface area contributed by atoms with Crippen LogP contribution in [0.3, 0.4) is 0 Å². The van der Waals surface area contributed by atoms with Crippen molar-refractivity contribution in [3.63, 3.8) is 0 Å². The molecule has 0 aromatic rings.